The van der Waals surface area contributed by atoms with Gasteiger partial charge in [-0.1, -0.05) is 27.7 Å². The number of carbonyl (C=O) groups excluding carboxylic acids is 1. The molecule has 1 aromatic carbocycles. The average Bonchev–Trinajstić information content (AvgIpc) is 3.11. The molecule has 2 saturated carbocycles. The average molecular weight is 386 g/mol. The number of nitrogens with one attached hydrogen (secondary N) is 1. The predicted octanol–water partition coefficient (Wildman–Crippen LogP) is 4.66. The molecule has 154 valence electrons. The third-order valence-electron chi connectivity index (χ3n) is 8.16. The number of hydrogen-bond acceptors (Lipinski definition) is 3. The van der Waals surface area contributed by atoms with Crippen molar-refractivity contribution in [2.24, 2.45) is 28.6 Å². The lowest BCUT2D eigenvalue weighted by Gasteiger charge is -2.53. The van der Waals surface area contributed by atoms with Crippen molar-refractivity contribution < 1.29 is 14.6 Å². The van der Waals surface area contributed by atoms with Gasteiger partial charge in [-0.3, -0.25) is 4.79 Å². The van der Waals surface area contributed by atoms with Gasteiger partial charge in [0, 0.05) is 18.6 Å². The van der Waals surface area contributed by atoms with Crippen LogP contribution in [-0.4, -0.2) is 23.7 Å². The third kappa shape index (κ3) is 2.71. The first kappa shape index (κ1) is 19.8. The first-order valence-corrected chi connectivity index (χ1v) is 10.8. The lowest BCUT2D eigenvalue weighted by atomic mass is 9.58. The van der Waals surface area contributed by atoms with Crippen molar-refractivity contribution in [3.63, 3.8) is 0 Å². The van der Waals surface area contributed by atoms with Gasteiger partial charge in [-0.2, -0.15) is 0 Å². The summed E-state index contributed by atoms with van der Waals surface area (Å²) in [5, 5.41) is 13.7. The molecule has 0 aromatic heterocycles. The molecular weight excluding hydrogens is 350 g/mol. The predicted molar refractivity (Wildman–Crippen MR) is 110 cm³/mol. The lowest BCUT2D eigenvalue weighted by molar-refractivity contribution is -0.139. The van der Waals surface area contributed by atoms with E-state index in [2.05, 4.69) is 31.3 Å². The highest BCUT2D eigenvalue weighted by Gasteiger charge is 2.68. The number of amides is 1. The van der Waals surface area contributed by atoms with Crippen LogP contribution in [0.2, 0.25) is 0 Å². The first-order valence-electron chi connectivity index (χ1n) is 10.8. The van der Waals surface area contributed by atoms with Crippen LogP contribution in [-0.2, 0) is 9.53 Å². The van der Waals surface area contributed by atoms with E-state index in [1.807, 2.05) is 27.7 Å². The van der Waals surface area contributed by atoms with E-state index in [-0.39, 0.29) is 34.8 Å². The van der Waals surface area contributed by atoms with Gasteiger partial charge in [-0.25, -0.2) is 0 Å². The Balaban J connectivity index is 1.71. The Morgan fingerprint density at radius 3 is 2.50 bits per heavy atom. The van der Waals surface area contributed by atoms with Gasteiger partial charge >= 0.3 is 0 Å². The Morgan fingerprint density at radius 1 is 1.25 bits per heavy atom. The molecule has 2 bridgehead atoms. The minimum atomic E-state index is 0.00260. The third-order valence-corrected chi connectivity index (χ3v) is 8.16. The van der Waals surface area contributed by atoms with Gasteiger partial charge in [-0.15, -0.1) is 0 Å². The van der Waals surface area contributed by atoms with E-state index in [0.717, 1.165) is 30.6 Å². The minimum absolute atomic E-state index is 0.00260. The fourth-order valence-corrected chi connectivity index (χ4v) is 6.58. The van der Waals surface area contributed by atoms with Crippen molar-refractivity contribution in [2.45, 2.75) is 73.0 Å². The summed E-state index contributed by atoms with van der Waals surface area (Å²) in [5.41, 5.74) is 3.22. The second-order valence-corrected chi connectivity index (χ2v) is 10.4. The van der Waals surface area contributed by atoms with E-state index < -0.39 is 0 Å². The Bertz CT molecular complexity index is 776. The maximum Gasteiger partial charge on any atom is 0.222 e. The van der Waals surface area contributed by atoms with Gasteiger partial charge < -0.3 is 15.2 Å². The van der Waals surface area contributed by atoms with Crippen LogP contribution in [0, 0.1) is 42.4 Å². The number of rotatable bonds is 3. The van der Waals surface area contributed by atoms with Crippen molar-refractivity contribution >= 4 is 5.91 Å². The Morgan fingerprint density at radius 2 is 1.89 bits per heavy atom. The second kappa shape index (κ2) is 6.48. The van der Waals surface area contributed by atoms with Crippen molar-refractivity contribution in [3.8, 4) is 5.75 Å². The quantitative estimate of drug-likeness (QED) is 0.795. The van der Waals surface area contributed by atoms with Crippen LogP contribution in [0.5, 0.6) is 5.75 Å². The molecule has 1 saturated heterocycles. The number of phenols is 1. The molecule has 1 aromatic rings. The number of hydrogen-bond donors (Lipinski definition) is 2. The summed E-state index contributed by atoms with van der Waals surface area (Å²) in [6.45, 7) is 13.3. The van der Waals surface area contributed by atoms with Crippen LogP contribution >= 0.6 is 0 Å². The van der Waals surface area contributed by atoms with E-state index >= 15 is 0 Å². The summed E-state index contributed by atoms with van der Waals surface area (Å²) in [6, 6.07) is 4.37. The molecule has 1 unspecified atom stereocenters. The molecule has 1 amide bonds. The molecule has 2 aliphatic carbocycles. The molecular formula is C24H35NO3. The van der Waals surface area contributed by atoms with E-state index in [0.29, 0.717) is 17.6 Å². The Kier molecular flexibility index (Phi) is 4.57. The first-order chi connectivity index (χ1) is 13.1. The number of aromatic hydroxyl groups is 1. The van der Waals surface area contributed by atoms with Crippen LogP contribution in [0.25, 0.3) is 0 Å². The largest absolute Gasteiger partial charge is 0.507 e. The van der Waals surface area contributed by atoms with Crippen molar-refractivity contribution in [1.82, 2.24) is 5.32 Å². The number of carbonyl (C=O) groups is 1. The van der Waals surface area contributed by atoms with Gasteiger partial charge in [0.05, 0.1) is 6.10 Å². The van der Waals surface area contributed by atoms with Crippen LogP contribution in [0.4, 0.5) is 0 Å². The van der Waals surface area contributed by atoms with Crippen LogP contribution in [0.3, 0.4) is 0 Å². The highest BCUT2D eigenvalue weighted by Crippen LogP contribution is 2.70. The SMILES string of the molecule is Cc1cc([C@H]2OCCC34C[C@@H](C[C@H]23)C(C)(C)[C@@H]4NC(=O)C(C)C)cc(C)c1O. The molecule has 3 fully saturated rings. The molecule has 4 rings (SSSR count). The molecule has 28 heavy (non-hydrogen) atoms. The van der Waals surface area contributed by atoms with Crippen molar-refractivity contribution in [1.29, 1.82) is 0 Å². The smallest absolute Gasteiger partial charge is 0.222 e. The standard InChI is InChI=1S/C24H35NO3/c1-13(2)21(27)25-22-23(5,6)17-11-18-20(28-8-7-24(18,22)12-17)16-9-14(3)19(26)15(4)10-16/h9-10,13,17-18,20,22,26H,7-8,11-12H2,1-6H3,(H,25,27)/t17-,18-,20-,22+,24?/m1/s1. The zero-order chi connectivity index (χ0) is 20.4. The lowest BCUT2D eigenvalue weighted by Crippen LogP contribution is -2.59. The summed E-state index contributed by atoms with van der Waals surface area (Å²) >= 11 is 0. The molecule has 1 aliphatic heterocycles. The van der Waals surface area contributed by atoms with Crippen LogP contribution in [0.15, 0.2) is 12.1 Å². The summed E-state index contributed by atoms with van der Waals surface area (Å²) < 4.78 is 6.35. The fourth-order valence-electron chi connectivity index (χ4n) is 6.58. The van der Waals surface area contributed by atoms with E-state index in [1.54, 1.807) is 0 Å². The van der Waals surface area contributed by atoms with Crippen LogP contribution in [0.1, 0.15) is 69.8 Å². The van der Waals surface area contributed by atoms with Crippen molar-refractivity contribution in [2.75, 3.05) is 6.61 Å². The van der Waals surface area contributed by atoms with E-state index in [9.17, 15) is 9.90 Å². The summed E-state index contributed by atoms with van der Waals surface area (Å²) in [4.78, 5) is 12.6. The molecule has 4 nitrogen and oxygen atoms in total. The van der Waals surface area contributed by atoms with E-state index in [1.165, 1.54) is 12.0 Å². The van der Waals surface area contributed by atoms with E-state index in [4.69, 9.17) is 4.74 Å². The number of aryl methyl sites for hydroxylation is 2. The van der Waals surface area contributed by atoms with Gasteiger partial charge in [0.1, 0.15) is 5.75 Å². The minimum Gasteiger partial charge on any atom is -0.507 e. The summed E-state index contributed by atoms with van der Waals surface area (Å²) in [5.74, 6) is 1.57. The fraction of sp³-hybridized carbons (Fsp3) is 0.708. The molecule has 0 radical (unpaired) electrons. The van der Waals surface area contributed by atoms with Gasteiger partial charge in [0.2, 0.25) is 5.91 Å². The van der Waals surface area contributed by atoms with Gasteiger partial charge in [-0.05, 0) is 84.6 Å². The van der Waals surface area contributed by atoms with Gasteiger partial charge in [0.15, 0.2) is 0 Å². The van der Waals surface area contributed by atoms with Crippen molar-refractivity contribution in [3.05, 3.63) is 28.8 Å². The van der Waals surface area contributed by atoms with Crippen LogP contribution < -0.4 is 5.32 Å². The number of ether oxygens (including phenoxy) is 1. The monoisotopic (exact) mass is 385 g/mol. The molecule has 1 spiro atoms. The molecule has 3 aliphatic rings. The normalized spacial score (nSPS) is 35.8. The molecule has 1 heterocycles. The summed E-state index contributed by atoms with van der Waals surface area (Å²) in [6.07, 6.45) is 3.41. The molecule has 5 atom stereocenters. The maximum absolute atomic E-state index is 12.6. The second-order valence-electron chi connectivity index (χ2n) is 10.4. The molecule has 4 heteroatoms. The van der Waals surface area contributed by atoms with Gasteiger partial charge in [0.25, 0.3) is 0 Å². The highest BCUT2D eigenvalue weighted by molar-refractivity contribution is 5.78. The highest BCUT2D eigenvalue weighted by atomic mass is 16.5. The zero-order valence-electron chi connectivity index (χ0n) is 18.1. The Labute approximate surface area is 169 Å². The maximum atomic E-state index is 12.6. The number of benzene rings is 1. The number of fused-ring (bicyclic) bond motifs is 1. The topological polar surface area (TPSA) is 58.6 Å². The number of phenolic OH excluding ortho intramolecular Hbond substituents is 1. The Hall–Kier alpha value is -1.55. The summed E-state index contributed by atoms with van der Waals surface area (Å²) in [7, 11) is 0. The zero-order valence-corrected chi connectivity index (χ0v) is 18.1. The molecule has 2 N–H and O–H groups in total.